The molecule has 25 heavy (non-hydrogen) atoms. The maximum absolute atomic E-state index is 11.7. The van der Waals surface area contributed by atoms with E-state index in [4.69, 9.17) is 10.5 Å². The maximum Gasteiger partial charge on any atom is 0.286 e. The molecule has 0 bridgehead atoms. The summed E-state index contributed by atoms with van der Waals surface area (Å²) in [7, 11) is 0. The average Bonchev–Trinajstić information content (AvgIpc) is 2.84. The van der Waals surface area contributed by atoms with Crippen LogP contribution in [0, 0.1) is 6.92 Å². The molecular formula is C18H14Br2N2O2S. The number of hydrogen-bond donors (Lipinski definition) is 1. The number of hydrogen-bond acceptors (Lipinski definition) is 4. The van der Waals surface area contributed by atoms with Gasteiger partial charge in [-0.25, -0.2) is 0 Å². The van der Waals surface area contributed by atoms with E-state index in [-0.39, 0.29) is 11.1 Å². The number of benzene rings is 2. The zero-order valence-electron chi connectivity index (χ0n) is 13.3. The van der Waals surface area contributed by atoms with E-state index in [1.807, 2.05) is 24.3 Å². The van der Waals surface area contributed by atoms with E-state index in [9.17, 15) is 4.79 Å². The van der Waals surface area contributed by atoms with Crippen LogP contribution >= 0.6 is 43.6 Å². The number of amidine groups is 1. The Kier molecular flexibility index (Phi) is 5.66. The lowest BCUT2D eigenvalue weighted by molar-refractivity contribution is -0.113. The van der Waals surface area contributed by atoms with Crippen LogP contribution in [0.5, 0.6) is 5.75 Å². The smallest absolute Gasteiger partial charge is 0.286 e. The molecule has 0 fully saturated rings. The average molecular weight is 482 g/mol. The second-order valence-electron chi connectivity index (χ2n) is 5.46. The molecule has 1 amide bonds. The van der Waals surface area contributed by atoms with Gasteiger partial charge < -0.3 is 10.5 Å². The number of halogens is 2. The van der Waals surface area contributed by atoms with E-state index < -0.39 is 0 Å². The normalized spacial score (nSPS) is 15.6. The third-order valence-electron chi connectivity index (χ3n) is 3.42. The molecule has 0 atom stereocenters. The summed E-state index contributed by atoms with van der Waals surface area (Å²) in [4.78, 5) is 15.9. The van der Waals surface area contributed by atoms with Crippen molar-refractivity contribution in [3.8, 4) is 5.75 Å². The Morgan fingerprint density at radius 1 is 1.24 bits per heavy atom. The van der Waals surface area contributed by atoms with E-state index in [0.717, 1.165) is 20.1 Å². The number of aliphatic imine (C=N–C) groups is 1. The summed E-state index contributed by atoms with van der Waals surface area (Å²) < 4.78 is 7.54. The molecule has 0 unspecified atom stereocenters. The van der Waals surface area contributed by atoms with Crippen molar-refractivity contribution < 1.29 is 9.53 Å². The Labute approximate surface area is 166 Å². The van der Waals surface area contributed by atoms with Crippen LogP contribution in [0.3, 0.4) is 0 Å². The minimum Gasteiger partial charge on any atom is -0.487 e. The lowest BCUT2D eigenvalue weighted by Gasteiger charge is -2.12. The van der Waals surface area contributed by atoms with Gasteiger partial charge >= 0.3 is 0 Å². The first kappa shape index (κ1) is 18.2. The molecule has 2 N–H and O–H groups in total. The highest BCUT2D eigenvalue weighted by atomic mass is 79.9. The predicted molar refractivity (Wildman–Crippen MR) is 110 cm³/mol. The van der Waals surface area contributed by atoms with Gasteiger partial charge in [-0.3, -0.25) is 4.79 Å². The first-order valence-electron chi connectivity index (χ1n) is 7.38. The Balaban J connectivity index is 1.79. The van der Waals surface area contributed by atoms with Crippen molar-refractivity contribution >= 4 is 60.8 Å². The molecule has 1 heterocycles. The number of amides is 1. The third kappa shape index (κ3) is 4.54. The highest BCUT2D eigenvalue weighted by Gasteiger charge is 2.20. The lowest BCUT2D eigenvalue weighted by atomic mass is 10.1. The Morgan fingerprint density at radius 3 is 2.56 bits per heavy atom. The first-order valence-corrected chi connectivity index (χ1v) is 9.78. The van der Waals surface area contributed by atoms with Crippen LogP contribution in [0.4, 0.5) is 0 Å². The van der Waals surface area contributed by atoms with Crippen molar-refractivity contribution in [2.45, 2.75) is 13.5 Å². The van der Waals surface area contributed by atoms with Crippen molar-refractivity contribution in [2.24, 2.45) is 10.7 Å². The van der Waals surface area contributed by atoms with Gasteiger partial charge in [-0.15, -0.1) is 0 Å². The van der Waals surface area contributed by atoms with Crippen LogP contribution in [0.2, 0.25) is 0 Å². The Hall–Kier alpha value is -1.57. The fourth-order valence-corrected chi connectivity index (χ4v) is 4.47. The molecule has 3 rings (SSSR count). The molecule has 7 heteroatoms. The Bertz CT molecular complexity index is 887. The van der Waals surface area contributed by atoms with Gasteiger partial charge in [0.05, 0.1) is 13.9 Å². The Morgan fingerprint density at radius 2 is 1.96 bits per heavy atom. The van der Waals surface area contributed by atoms with E-state index in [0.29, 0.717) is 17.3 Å². The van der Waals surface area contributed by atoms with Crippen LogP contribution in [-0.2, 0) is 11.4 Å². The van der Waals surface area contributed by atoms with E-state index in [1.165, 1.54) is 17.3 Å². The summed E-state index contributed by atoms with van der Waals surface area (Å²) in [5.74, 6) is 0.402. The molecule has 0 radical (unpaired) electrons. The summed E-state index contributed by atoms with van der Waals surface area (Å²) in [6.45, 7) is 2.52. The number of rotatable bonds is 4. The fraction of sp³-hybridized carbons (Fsp3) is 0.111. The van der Waals surface area contributed by atoms with Crippen LogP contribution in [-0.4, -0.2) is 11.1 Å². The zero-order valence-corrected chi connectivity index (χ0v) is 17.2. The number of thioether (sulfide) groups is 1. The molecule has 2 aromatic carbocycles. The summed E-state index contributed by atoms with van der Waals surface area (Å²) in [5.41, 5.74) is 8.72. The van der Waals surface area contributed by atoms with Crippen molar-refractivity contribution in [1.29, 1.82) is 0 Å². The van der Waals surface area contributed by atoms with Gasteiger partial charge in [0.1, 0.15) is 12.4 Å². The van der Waals surface area contributed by atoms with Gasteiger partial charge in [0.25, 0.3) is 5.91 Å². The summed E-state index contributed by atoms with van der Waals surface area (Å²) in [6, 6.07) is 12.0. The van der Waals surface area contributed by atoms with Crippen LogP contribution in [0.25, 0.3) is 6.08 Å². The second kappa shape index (κ2) is 7.76. The highest BCUT2D eigenvalue weighted by Crippen LogP contribution is 2.37. The molecule has 128 valence electrons. The van der Waals surface area contributed by atoms with Gasteiger partial charge in [0.2, 0.25) is 0 Å². The number of ether oxygens (including phenoxy) is 1. The molecule has 0 saturated carbocycles. The minimum atomic E-state index is -0.311. The van der Waals surface area contributed by atoms with Crippen LogP contribution in [0.15, 0.2) is 55.2 Å². The monoisotopic (exact) mass is 480 g/mol. The molecule has 0 saturated heterocycles. The number of nitrogens with zero attached hydrogens (tertiary/aromatic N) is 1. The van der Waals surface area contributed by atoms with Gasteiger partial charge in [-0.1, -0.05) is 29.8 Å². The van der Waals surface area contributed by atoms with Gasteiger partial charge in [0.15, 0.2) is 5.17 Å². The maximum atomic E-state index is 11.7. The number of carbonyl (C=O) groups excluding carboxylic acids is 1. The van der Waals surface area contributed by atoms with Crippen LogP contribution < -0.4 is 10.5 Å². The standard InChI is InChI=1S/C18H14Br2N2O2S/c1-10-3-2-4-11(5-10)9-24-16-13(19)6-12(7-14(16)20)8-15-17(23)22-18(21)25-15/h2-8H,9H2,1H3,(H2,21,22,23)/b15-8-. The first-order chi connectivity index (χ1) is 11.9. The molecule has 0 aliphatic carbocycles. The minimum absolute atomic E-state index is 0.271. The summed E-state index contributed by atoms with van der Waals surface area (Å²) >= 11 is 8.24. The largest absolute Gasteiger partial charge is 0.487 e. The fourth-order valence-electron chi connectivity index (χ4n) is 2.34. The van der Waals surface area contributed by atoms with Crippen molar-refractivity contribution in [2.75, 3.05) is 0 Å². The van der Waals surface area contributed by atoms with Crippen LogP contribution in [0.1, 0.15) is 16.7 Å². The topological polar surface area (TPSA) is 64.7 Å². The quantitative estimate of drug-likeness (QED) is 0.622. The number of nitrogens with two attached hydrogens (primary N) is 1. The highest BCUT2D eigenvalue weighted by molar-refractivity contribution is 9.11. The third-order valence-corrected chi connectivity index (χ3v) is 5.41. The lowest BCUT2D eigenvalue weighted by Crippen LogP contribution is -2.01. The second-order valence-corrected chi connectivity index (χ2v) is 8.23. The van der Waals surface area contributed by atoms with Crippen molar-refractivity contribution in [1.82, 2.24) is 0 Å². The van der Waals surface area contributed by atoms with E-state index >= 15 is 0 Å². The molecule has 4 nitrogen and oxygen atoms in total. The number of aryl methyl sites for hydroxylation is 1. The molecule has 0 spiro atoms. The van der Waals surface area contributed by atoms with Crippen molar-refractivity contribution in [3.63, 3.8) is 0 Å². The van der Waals surface area contributed by atoms with E-state index in [1.54, 1.807) is 6.08 Å². The molecule has 2 aromatic rings. The predicted octanol–water partition coefficient (Wildman–Crippen LogP) is 5.03. The molecular weight excluding hydrogens is 468 g/mol. The molecule has 1 aliphatic rings. The number of carbonyl (C=O) groups is 1. The van der Waals surface area contributed by atoms with Gasteiger partial charge in [-0.2, -0.15) is 4.99 Å². The zero-order chi connectivity index (χ0) is 18.0. The molecule has 1 aliphatic heterocycles. The SMILES string of the molecule is Cc1cccc(COc2c(Br)cc(/C=C3\SC(N)=NC3=O)cc2Br)c1. The molecule has 0 aromatic heterocycles. The van der Waals surface area contributed by atoms with E-state index in [2.05, 4.69) is 55.9 Å². The van der Waals surface area contributed by atoms with Gasteiger partial charge in [-0.05, 0) is 79.9 Å². The van der Waals surface area contributed by atoms with Crippen molar-refractivity contribution in [3.05, 3.63) is 66.9 Å². The summed E-state index contributed by atoms with van der Waals surface area (Å²) in [5, 5.41) is 0.271. The van der Waals surface area contributed by atoms with Gasteiger partial charge in [0, 0.05) is 0 Å². The summed E-state index contributed by atoms with van der Waals surface area (Å²) in [6.07, 6.45) is 1.76.